The SMILES string of the molecule is CCCCCCCCCCCCCCCCCC(=O)NCCOP(=O)(O)OCC(O)COC(=O)CCC. The summed E-state index contributed by atoms with van der Waals surface area (Å²) in [6.45, 7) is 3.13. The number of rotatable bonds is 27. The zero-order valence-corrected chi connectivity index (χ0v) is 24.3. The van der Waals surface area contributed by atoms with Crippen molar-refractivity contribution in [2.75, 3.05) is 26.4 Å². The Labute approximate surface area is 225 Å². The smallest absolute Gasteiger partial charge is 0.463 e. The number of amides is 1. The molecule has 0 bridgehead atoms. The zero-order chi connectivity index (χ0) is 27.6. The van der Waals surface area contributed by atoms with Crippen molar-refractivity contribution >= 4 is 19.7 Å². The lowest BCUT2D eigenvalue weighted by Gasteiger charge is -2.15. The fourth-order valence-corrected chi connectivity index (χ4v) is 4.58. The van der Waals surface area contributed by atoms with Crippen LogP contribution in [0.25, 0.3) is 0 Å². The molecule has 0 aromatic carbocycles. The molecule has 0 saturated carbocycles. The van der Waals surface area contributed by atoms with Gasteiger partial charge in [0.05, 0.1) is 13.2 Å². The first-order chi connectivity index (χ1) is 17.8. The molecule has 0 radical (unpaired) electrons. The number of hydrogen-bond donors (Lipinski definition) is 3. The highest BCUT2D eigenvalue weighted by molar-refractivity contribution is 7.47. The number of carbonyl (C=O) groups excluding carboxylic acids is 2. The van der Waals surface area contributed by atoms with E-state index >= 15 is 0 Å². The molecule has 0 aliphatic heterocycles. The molecular weight excluding hydrogens is 497 g/mol. The normalized spacial score (nSPS) is 13.7. The van der Waals surface area contributed by atoms with E-state index in [4.69, 9.17) is 9.26 Å². The van der Waals surface area contributed by atoms with Gasteiger partial charge in [-0.3, -0.25) is 18.6 Å². The molecule has 1 amide bonds. The minimum Gasteiger partial charge on any atom is -0.463 e. The summed E-state index contributed by atoms with van der Waals surface area (Å²) in [5.74, 6) is -0.568. The minimum absolute atomic E-state index is 0.0860. The van der Waals surface area contributed by atoms with E-state index in [1.54, 1.807) is 0 Å². The third-order valence-electron chi connectivity index (χ3n) is 6.01. The number of carbonyl (C=O) groups is 2. The van der Waals surface area contributed by atoms with Crippen molar-refractivity contribution in [3.05, 3.63) is 0 Å². The molecule has 10 heteroatoms. The quantitative estimate of drug-likeness (QED) is 0.0624. The summed E-state index contributed by atoms with van der Waals surface area (Å²) in [7, 11) is -4.37. The molecule has 2 unspecified atom stereocenters. The van der Waals surface area contributed by atoms with Crippen LogP contribution in [0.15, 0.2) is 0 Å². The summed E-state index contributed by atoms with van der Waals surface area (Å²) in [5.41, 5.74) is 0. The van der Waals surface area contributed by atoms with Crippen LogP contribution in [0.1, 0.15) is 129 Å². The molecule has 0 rings (SSSR count). The Morgan fingerprint density at radius 1 is 0.730 bits per heavy atom. The van der Waals surface area contributed by atoms with Gasteiger partial charge in [-0.2, -0.15) is 0 Å². The van der Waals surface area contributed by atoms with Crippen LogP contribution in [0.3, 0.4) is 0 Å². The van der Waals surface area contributed by atoms with E-state index in [0.717, 1.165) is 19.3 Å². The Balaban J connectivity index is 3.52. The minimum atomic E-state index is -4.37. The Hall–Kier alpha value is -0.990. The van der Waals surface area contributed by atoms with E-state index in [1.807, 2.05) is 6.92 Å². The Bertz CT molecular complexity index is 605. The van der Waals surface area contributed by atoms with Crippen molar-refractivity contribution in [2.24, 2.45) is 0 Å². The molecule has 0 heterocycles. The molecule has 0 aromatic heterocycles. The van der Waals surface area contributed by atoms with Gasteiger partial charge in [-0.05, 0) is 12.8 Å². The van der Waals surface area contributed by atoms with Gasteiger partial charge in [0.15, 0.2) is 0 Å². The van der Waals surface area contributed by atoms with Crippen LogP contribution in [-0.2, 0) is 27.9 Å². The first-order valence-electron chi connectivity index (χ1n) is 14.5. The molecule has 3 N–H and O–H groups in total. The standard InChI is InChI=1S/C27H54NO8P/c1-3-5-6-7-8-9-10-11-12-13-14-15-16-17-18-20-26(30)28-21-22-35-37(32,33)36-24-25(29)23-34-27(31)19-4-2/h25,29H,3-24H2,1-2H3,(H,28,30)(H,32,33). The van der Waals surface area contributed by atoms with Crippen LogP contribution < -0.4 is 5.32 Å². The second kappa shape index (κ2) is 25.3. The molecule has 37 heavy (non-hydrogen) atoms. The van der Waals surface area contributed by atoms with Crippen molar-refractivity contribution in [3.63, 3.8) is 0 Å². The number of ether oxygens (including phenoxy) is 1. The summed E-state index contributed by atoms with van der Waals surface area (Å²) in [6, 6.07) is 0. The maximum atomic E-state index is 11.9. The summed E-state index contributed by atoms with van der Waals surface area (Å²) < 4.78 is 26.1. The van der Waals surface area contributed by atoms with Crippen LogP contribution in [0.4, 0.5) is 0 Å². The van der Waals surface area contributed by atoms with E-state index in [-0.39, 0.29) is 32.1 Å². The lowest BCUT2D eigenvalue weighted by molar-refractivity contribution is -0.147. The Morgan fingerprint density at radius 2 is 1.24 bits per heavy atom. The predicted octanol–water partition coefficient (Wildman–Crippen LogP) is 6.20. The second-order valence-electron chi connectivity index (χ2n) is 9.73. The van der Waals surface area contributed by atoms with E-state index in [9.17, 15) is 24.2 Å². The maximum absolute atomic E-state index is 11.9. The Morgan fingerprint density at radius 3 is 1.76 bits per heavy atom. The summed E-state index contributed by atoms with van der Waals surface area (Å²) in [5, 5.41) is 12.3. The number of unbranched alkanes of at least 4 members (excludes halogenated alkanes) is 14. The van der Waals surface area contributed by atoms with Gasteiger partial charge in [0.2, 0.25) is 5.91 Å². The highest BCUT2D eigenvalue weighted by atomic mass is 31.2. The number of esters is 1. The molecule has 9 nitrogen and oxygen atoms in total. The summed E-state index contributed by atoms with van der Waals surface area (Å²) >= 11 is 0. The second-order valence-corrected chi connectivity index (χ2v) is 11.2. The van der Waals surface area contributed by atoms with Crippen LogP contribution in [0.5, 0.6) is 0 Å². The highest BCUT2D eigenvalue weighted by Gasteiger charge is 2.23. The number of aliphatic hydroxyl groups is 1. The third kappa shape index (κ3) is 26.4. The monoisotopic (exact) mass is 551 g/mol. The molecule has 0 aromatic rings. The first kappa shape index (κ1) is 36.0. The fourth-order valence-electron chi connectivity index (χ4n) is 3.83. The molecular formula is C27H54NO8P. The van der Waals surface area contributed by atoms with E-state index in [1.165, 1.54) is 77.0 Å². The number of aliphatic hydroxyl groups excluding tert-OH is 1. The van der Waals surface area contributed by atoms with Crippen LogP contribution in [-0.4, -0.2) is 54.3 Å². The van der Waals surface area contributed by atoms with Gasteiger partial charge in [0.1, 0.15) is 12.7 Å². The van der Waals surface area contributed by atoms with Crippen molar-refractivity contribution < 1.29 is 37.9 Å². The van der Waals surface area contributed by atoms with E-state index in [0.29, 0.717) is 12.8 Å². The van der Waals surface area contributed by atoms with Gasteiger partial charge in [-0.25, -0.2) is 4.57 Å². The van der Waals surface area contributed by atoms with Crippen LogP contribution in [0.2, 0.25) is 0 Å². The highest BCUT2D eigenvalue weighted by Crippen LogP contribution is 2.42. The zero-order valence-electron chi connectivity index (χ0n) is 23.4. The molecule has 0 aliphatic carbocycles. The molecule has 2 atom stereocenters. The van der Waals surface area contributed by atoms with Gasteiger partial charge in [0, 0.05) is 19.4 Å². The number of phosphoric acid groups is 1. The number of nitrogens with one attached hydrogen (secondary N) is 1. The third-order valence-corrected chi connectivity index (χ3v) is 6.99. The molecule has 220 valence electrons. The van der Waals surface area contributed by atoms with Crippen molar-refractivity contribution in [2.45, 2.75) is 136 Å². The maximum Gasteiger partial charge on any atom is 0.472 e. The van der Waals surface area contributed by atoms with Crippen molar-refractivity contribution in [1.29, 1.82) is 0 Å². The average molecular weight is 552 g/mol. The van der Waals surface area contributed by atoms with Crippen molar-refractivity contribution in [3.8, 4) is 0 Å². The Kier molecular flexibility index (Phi) is 24.6. The van der Waals surface area contributed by atoms with E-state index < -0.39 is 26.5 Å². The van der Waals surface area contributed by atoms with E-state index in [2.05, 4.69) is 16.8 Å². The summed E-state index contributed by atoms with van der Waals surface area (Å²) in [4.78, 5) is 32.7. The van der Waals surface area contributed by atoms with Crippen LogP contribution >= 0.6 is 7.82 Å². The molecule has 0 spiro atoms. The molecule has 0 fully saturated rings. The average Bonchev–Trinajstić information content (AvgIpc) is 2.86. The van der Waals surface area contributed by atoms with Gasteiger partial charge in [-0.1, -0.05) is 104 Å². The summed E-state index contributed by atoms with van der Waals surface area (Å²) in [6.07, 6.45) is 19.1. The largest absolute Gasteiger partial charge is 0.472 e. The molecule has 0 aliphatic rings. The van der Waals surface area contributed by atoms with Gasteiger partial charge in [0.25, 0.3) is 0 Å². The lowest BCUT2D eigenvalue weighted by Crippen LogP contribution is -2.27. The predicted molar refractivity (Wildman–Crippen MR) is 146 cm³/mol. The van der Waals surface area contributed by atoms with Crippen molar-refractivity contribution in [1.82, 2.24) is 5.32 Å². The van der Waals surface area contributed by atoms with Gasteiger partial charge < -0.3 is 20.1 Å². The van der Waals surface area contributed by atoms with Gasteiger partial charge >= 0.3 is 13.8 Å². The number of phosphoric ester groups is 1. The molecule has 0 saturated heterocycles. The fraction of sp³-hybridized carbons (Fsp3) is 0.926. The first-order valence-corrected chi connectivity index (χ1v) is 16.0. The van der Waals surface area contributed by atoms with Gasteiger partial charge in [-0.15, -0.1) is 0 Å². The van der Waals surface area contributed by atoms with Crippen LogP contribution in [0, 0.1) is 0 Å². The topological polar surface area (TPSA) is 131 Å². The lowest BCUT2D eigenvalue weighted by atomic mass is 10.0. The number of hydrogen-bond acceptors (Lipinski definition) is 7.